The molecule has 0 aromatic rings. The molecule has 5 aliphatic rings. The third-order valence-corrected chi connectivity index (χ3v) is 8.28. The van der Waals surface area contributed by atoms with Crippen LogP contribution in [-0.2, 0) is 4.74 Å². The van der Waals surface area contributed by atoms with E-state index in [9.17, 15) is 20.4 Å². The standard InChI is InChI=1S/C23H41NO5/c25-13-19-21(27)22(28)20(26)18(24-19)5-3-1-2-4-6-29-14-23-10-15-7-16(11-23)9-17(8-15)12-23/h15-22,24-28H,1-14H2/t15?,16?,17?,18-,19+,20-,21+,22+,23?/m0/s1. The van der Waals surface area contributed by atoms with E-state index in [-0.39, 0.29) is 12.6 Å². The summed E-state index contributed by atoms with van der Waals surface area (Å²) in [4.78, 5) is 0. The Morgan fingerprint density at radius 1 is 0.759 bits per heavy atom. The quantitative estimate of drug-likeness (QED) is 0.350. The fourth-order valence-electron chi connectivity index (χ4n) is 7.24. The third kappa shape index (κ3) is 4.99. The highest BCUT2D eigenvalue weighted by atomic mass is 16.5. The van der Waals surface area contributed by atoms with Crippen LogP contribution in [0.5, 0.6) is 0 Å². The molecule has 29 heavy (non-hydrogen) atoms. The molecular formula is C23H41NO5. The van der Waals surface area contributed by atoms with E-state index >= 15 is 0 Å². The molecule has 168 valence electrons. The molecule has 1 heterocycles. The van der Waals surface area contributed by atoms with E-state index in [0.717, 1.165) is 63.1 Å². The highest BCUT2D eigenvalue weighted by Crippen LogP contribution is 2.60. The summed E-state index contributed by atoms with van der Waals surface area (Å²) in [7, 11) is 0. The molecule has 0 amide bonds. The van der Waals surface area contributed by atoms with E-state index in [1.807, 2.05) is 0 Å². The molecule has 6 heteroatoms. The number of ether oxygens (including phenoxy) is 1. The molecule has 4 bridgehead atoms. The van der Waals surface area contributed by atoms with Crippen molar-refractivity contribution in [2.24, 2.45) is 23.2 Å². The van der Waals surface area contributed by atoms with Gasteiger partial charge in [-0.05, 0) is 74.5 Å². The van der Waals surface area contributed by atoms with Gasteiger partial charge in [0.25, 0.3) is 0 Å². The number of hydrogen-bond donors (Lipinski definition) is 5. The molecule has 1 saturated heterocycles. The van der Waals surface area contributed by atoms with Crippen LogP contribution in [0, 0.1) is 23.2 Å². The van der Waals surface area contributed by atoms with Crippen molar-refractivity contribution in [3.05, 3.63) is 0 Å². The summed E-state index contributed by atoms with van der Waals surface area (Å²) in [5.74, 6) is 2.95. The highest BCUT2D eigenvalue weighted by molar-refractivity contribution is 5.01. The number of hydrogen-bond acceptors (Lipinski definition) is 6. The average molecular weight is 412 g/mol. The van der Waals surface area contributed by atoms with Crippen molar-refractivity contribution in [2.45, 2.75) is 101 Å². The summed E-state index contributed by atoms with van der Waals surface area (Å²) < 4.78 is 6.15. The first-order valence-corrected chi connectivity index (χ1v) is 12.0. The van der Waals surface area contributed by atoms with Crippen LogP contribution in [0.2, 0.25) is 0 Å². The van der Waals surface area contributed by atoms with Gasteiger partial charge in [-0.1, -0.05) is 19.3 Å². The largest absolute Gasteiger partial charge is 0.395 e. The van der Waals surface area contributed by atoms with E-state index in [1.165, 1.54) is 38.5 Å². The minimum atomic E-state index is -1.20. The number of unbranched alkanes of at least 4 members (excludes halogenated alkanes) is 3. The summed E-state index contributed by atoms with van der Waals surface area (Å²) in [6.07, 6.45) is 10.3. The smallest absolute Gasteiger partial charge is 0.109 e. The van der Waals surface area contributed by atoms with Gasteiger partial charge in [0.1, 0.15) is 6.10 Å². The Labute approximate surface area is 175 Å². The van der Waals surface area contributed by atoms with Gasteiger partial charge in [0.05, 0.1) is 31.5 Å². The molecule has 6 nitrogen and oxygen atoms in total. The first-order valence-electron chi connectivity index (χ1n) is 12.0. The summed E-state index contributed by atoms with van der Waals surface area (Å²) >= 11 is 0. The fraction of sp³-hybridized carbons (Fsp3) is 1.00. The molecule has 5 atom stereocenters. The summed E-state index contributed by atoms with van der Waals surface area (Å²) in [5.41, 5.74) is 0.506. The number of aliphatic hydroxyl groups is 4. The van der Waals surface area contributed by atoms with Crippen molar-refractivity contribution in [3.63, 3.8) is 0 Å². The Balaban J connectivity index is 1.07. The average Bonchev–Trinajstić information content (AvgIpc) is 2.68. The van der Waals surface area contributed by atoms with Crippen molar-refractivity contribution in [3.8, 4) is 0 Å². The molecule has 0 radical (unpaired) electrons. The molecule has 0 aromatic heterocycles. The SMILES string of the molecule is OC[C@H]1N[C@@H](CCCCCCOCC23CC4CC(CC(C4)C2)C3)[C@H](O)[C@@H](O)[C@@H]1O. The van der Waals surface area contributed by atoms with Crippen LogP contribution in [0.4, 0.5) is 0 Å². The maximum absolute atomic E-state index is 10.1. The number of nitrogens with one attached hydrogen (secondary N) is 1. The Hall–Kier alpha value is -0.240. The van der Waals surface area contributed by atoms with Crippen LogP contribution in [-0.4, -0.2) is 70.6 Å². The van der Waals surface area contributed by atoms with Gasteiger partial charge in [0, 0.05) is 12.6 Å². The van der Waals surface area contributed by atoms with Gasteiger partial charge >= 0.3 is 0 Å². The Kier molecular flexibility index (Phi) is 7.19. The lowest BCUT2D eigenvalue weighted by molar-refractivity contribution is -0.120. The van der Waals surface area contributed by atoms with Gasteiger partial charge in [-0.25, -0.2) is 0 Å². The second-order valence-electron chi connectivity index (χ2n) is 10.7. The second-order valence-corrected chi connectivity index (χ2v) is 10.7. The lowest BCUT2D eigenvalue weighted by atomic mass is 9.50. The lowest BCUT2D eigenvalue weighted by Crippen LogP contribution is -2.65. The lowest BCUT2D eigenvalue weighted by Gasteiger charge is -2.56. The van der Waals surface area contributed by atoms with Crippen LogP contribution in [0.1, 0.15) is 70.6 Å². The van der Waals surface area contributed by atoms with Crippen molar-refractivity contribution in [2.75, 3.05) is 19.8 Å². The minimum Gasteiger partial charge on any atom is -0.395 e. The Morgan fingerprint density at radius 2 is 1.34 bits per heavy atom. The Morgan fingerprint density at radius 3 is 1.97 bits per heavy atom. The molecule has 0 spiro atoms. The molecule has 1 aliphatic heterocycles. The molecule has 5 fully saturated rings. The number of aliphatic hydroxyl groups excluding tert-OH is 4. The maximum Gasteiger partial charge on any atom is 0.109 e. The van der Waals surface area contributed by atoms with Gasteiger partial charge in [-0.2, -0.15) is 0 Å². The predicted octanol–water partition coefficient (Wildman–Crippen LogP) is 1.59. The molecule has 4 aliphatic carbocycles. The zero-order chi connectivity index (χ0) is 20.4. The predicted molar refractivity (Wildman–Crippen MR) is 110 cm³/mol. The first-order chi connectivity index (χ1) is 14.0. The summed E-state index contributed by atoms with van der Waals surface area (Å²) in [6.45, 7) is 1.57. The molecule has 5 rings (SSSR count). The monoisotopic (exact) mass is 411 g/mol. The zero-order valence-corrected chi connectivity index (χ0v) is 17.7. The minimum absolute atomic E-state index is 0.248. The van der Waals surface area contributed by atoms with Crippen LogP contribution in [0.25, 0.3) is 0 Å². The van der Waals surface area contributed by atoms with E-state index < -0.39 is 24.4 Å². The molecule has 5 N–H and O–H groups in total. The number of piperidine rings is 1. The normalized spacial score (nSPS) is 46.3. The van der Waals surface area contributed by atoms with Crippen molar-refractivity contribution < 1.29 is 25.2 Å². The van der Waals surface area contributed by atoms with Crippen LogP contribution in [0.15, 0.2) is 0 Å². The van der Waals surface area contributed by atoms with E-state index in [4.69, 9.17) is 4.74 Å². The summed E-state index contributed by atoms with van der Waals surface area (Å²) in [5, 5.41) is 42.3. The van der Waals surface area contributed by atoms with Gasteiger partial charge < -0.3 is 30.5 Å². The van der Waals surface area contributed by atoms with E-state index in [1.54, 1.807) is 0 Å². The molecular weight excluding hydrogens is 370 g/mol. The maximum atomic E-state index is 10.1. The molecule has 4 saturated carbocycles. The second kappa shape index (κ2) is 9.49. The highest BCUT2D eigenvalue weighted by Gasteiger charge is 2.50. The fourth-order valence-corrected chi connectivity index (χ4v) is 7.24. The zero-order valence-electron chi connectivity index (χ0n) is 17.7. The molecule has 0 unspecified atom stereocenters. The van der Waals surface area contributed by atoms with Gasteiger partial charge in [0.15, 0.2) is 0 Å². The van der Waals surface area contributed by atoms with E-state index in [0.29, 0.717) is 5.41 Å². The Bertz CT molecular complexity index is 492. The van der Waals surface area contributed by atoms with Crippen molar-refractivity contribution in [1.29, 1.82) is 0 Å². The van der Waals surface area contributed by atoms with Gasteiger partial charge in [0.2, 0.25) is 0 Å². The summed E-state index contributed by atoms with van der Waals surface area (Å²) in [6, 6.07) is -0.853. The van der Waals surface area contributed by atoms with Crippen LogP contribution in [0.3, 0.4) is 0 Å². The van der Waals surface area contributed by atoms with Gasteiger partial charge in [-0.15, -0.1) is 0 Å². The topological polar surface area (TPSA) is 102 Å². The van der Waals surface area contributed by atoms with Crippen LogP contribution < -0.4 is 5.32 Å². The first kappa shape index (κ1) is 22.0. The van der Waals surface area contributed by atoms with Gasteiger partial charge in [-0.3, -0.25) is 0 Å². The molecule has 0 aromatic carbocycles. The third-order valence-electron chi connectivity index (χ3n) is 8.28. The van der Waals surface area contributed by atoms with Crippen LogP contribution >= 0.6 is 0 Å². The van der Waals surface area contributed by atoms with Crippen molar-refractivity contribution in [1.82, 2.24) is 5.32 Å². The van der Waals surface area contributed by atoms with E-state index in [2.05, 4.69) is 5.32 Å². The van der Waals surface area contributed by atoms with Crippen molar-refractivity contribution >= 4 is 0 Å². The number of rotatable bonds is 10.